The van der Waals surface area contributed by atoms with Crippen molar-refractivity contribution in [2.45, 2.75) is 175 Å². The summed E-state index contributed by atoms with van der Waals surface area (Å²) in [6.45, 7) is 9.07. The Balaban J connectivity index is 4.43. The Morgan fingerprint density at radius 1 is 0.522 bits per heavy atom. The van der Waals surface area contributed by atoms with Crippen molar-refractivity contribution in [3.8, 4) is 0 Å². The van der Waals surface area contributed by atoms with E-state index in [2.05, 4.69) is 19.1 Å². The molecule has 0 aliphatic carbocycles. The second-order valence-electron chi connectivity index (χ2n) is 14.0. The predicted molar refractivity (Wildman–Crippen MR) is 189 cm³/mol. The lowest BCUT2D eigenvalue weighted by atomic mass is 9.95. The molecule has 0 aromatic rings. The van der Waals surface area contributed by atoms with Crippen LogP contribution in [0.1, 0.15) is 175 Å². The number of carboxylic acid groups (broad SMARTS) is 3. The highest BCUT2D eigenvalue weighted by Crippen LogP contribution is 2.25. The Kier molecular flexibility index (Phi) is 28.1. The van der Waals surface area contributed by atoms with Crippen LogP contribution < -0.4 is 5.11 Å². The molecule has 7 nitrogen and oxygen atoms in total. The number of hydrogen-bond acceptors (Lipinski definition) is 4. The average Bonchev–Trinajstić information content (AvgIpc) is 3.03. The number of allylic oxidation sites excluding steroid dienone is 2. The van der Waals surface area contributed by atoms with E-state index in [1.54, 1.807) is 6.92 Å². The zero-order valence-corrected chi connectivity index (χ0v) is 30.5. The quantitative estimate of drug-likeness (QED) is 0.0407. The van der Waals surface area contributed by atoms with E-state index in [9.17, 15) is 29.7 Å². The van der Waals surface area contributed by atoms with Crippen molar-refractivity contribution in [1.82, 2.24) is 0 Å². The van der Waals surface area contributed by atoms with Crippen LogP contribution in [-0.2, 0) is 14.4 Å². The SMILES string of the molecule is CCCCCCCC/C=C/CCCCCCCCCCCCCC[N+](CC(CC)C(=O)[O-])(CC(CC)C(=O)O)CC(CC)C(=O)O. The second kappa shape index (κ2) is 29.3. The van der Waals surface area contributed by atoms with Gasteiger partial charge in [-0.3, -0.25) is 9.59 Å². The van der Waals surface area contributed by atoms with Crippen LogP contribution in [0.3, 0.4) is 0 Å². The van der Waals surface area contributed by atoms with Gasteiger partial charge in [-0.05, 0) is 57.8 Å². The smallest absolute Gasteiger partial charge is 0.312 e. The molecule has 270 valence electrons. The zero-order valence-electron chi connectivity index (χ0n) is 30.5. The molecule has 0 bridgehead atoms. The predicted octanol–water partition coefficient (Wildman–Crippen LogP) is 9.18. The van der Waals surface area contributed by atoms with E-state index < -0.39 is 35.7 Å². The Labute approximate surface area is 283 Å². The molecule has 0 saturated heterocycles. The average molecular weight is 652 g/mol. The lowest BCUT2D eigenvalue weighted by molar-refractivity contribution is -0.935. The number of quaternary nitrogens is 1. The van der Waals surface area contributed by atoms with Gasteiger partial charge in [-0.2, -0.15) is 0 Å². The molecule has 0 spiro atoms. The van der Waals surface area contributed by atoms with Crippen LogP contribution in [0.2, 0.25) is 0 Å². The van der Waals surface area contributed by atoms with Crippen LogP contribution in [0.5, 0.6) is 0 Å². The number of nitrogens with zero attached hydrogens (tertiary/aromatic N) is 1. The molecule has 0 radical (unpaired) electrons. The summed E-state index contributed by atoms with van der Waals surface area (Å²) < 4.78 is 0.220. The summed E-state index contributed by atoms with van der Waals surface area (Å²) in [5, 5.41) is 31.6. The summed E-state index contributed by atoms with van der Waals surface area (Å²) in [4.78, 5) is 35.9. The summed E-state index contributed by atoms with van der Waals surface area (Å²) in [5.74, 6) is -4.94. The fourth-order valence-electron chi connectivity index (χ4n) is 6.79. The number of unbranched alkanes of at least 4 members (excludes halogenated alkanes) is 18. The molecule has 0 aromatic heterocycles. The molecule has 7 heteroatoms. The Bertz CT molecular complexity index is 738. The van der Waals surface area contributed by atoms with Crippen LogP contribution in [0, 0.1) is 17.8 Å². The number of carboxylic acids is 3. The second-order valence-corrected chi connectivity index (χ2v) is 14.0. The van der Waals surface area contributed by atoms with Gasteiger partial charge in [0, 0.05) is 5.92 Å². The third-order valence-electron chi connectivity index (χ3n) is 9.98. The highest BCUT2D eigenvalue weighted by Gasteiger charge is 2.39. The van der Waals surface area contributed by atoms with Crippen LogP contribution in [0.15, 0.2) is 12.2 Å². The molecule has 0 aliphatic rings. The first-order chi connectivity index (χ1) is 22.2. The van der Waals surface area contributed by atoms with Gasteiger partial charge in [0.25, 0.3) is 0 Å². The fourth-order valence-corrected chi connectivity index (χ4v) is 6.79. The summed E-state index contributed by atoms with van der Waals surface area (Å²) in [7, 11) is 0. The molecule has 0 rings (SSSR count). The van der Waals surface area contributed by atoms with Crippen molar-refractivity contribution < 1.29 is 34.2 Å². The van der Waals surface area contributed by atoms with Crippen molar-refractivity contribution in [3.05, 3.63) is 12.2 Å². The number of aliphatic carboxylic acids is 3. The maximum atomic E-state index is 12.0. The molecule has 0 amide bonds. The Morgan fingerprint density at radius 3 is 1.17 bits per heavy atom. The normalized spacial score (nSPS) is 15.0. The monoisotopic (exact) mass is 652 g/mol. The van der Waals surface area contributed by atoms with Gasteiger partial charge in [0.1, 0.15) is 11.8 Å². The number of hydrogen-bond donors (Lipinski definition) is 2. The van der Waals surface area contributed by atoms with Gasteiger partial charge in [0.2, 0.25) is 0 Å². The van der Waals surface area contributed by atoms with E-state index in [4.69, 9.17) is 0 Å². The molecule has 2 N–H and O–H groups in total. The zero-order chi connectivity index (χ0) is 34.5. The van der Waals surface area contributed by atoms with Crippen LogP contribution >= 0.6 is 0 Å². The van der Waals surface area contributed by atoms with E-state index in [0.29, 0.717) is 25.8 Å². The van der Waals surface area contributed by atoms with Crippen LogP contribution in [0.4, 0.5) is 0 Å². The first-order valence-corrected chi connectivity index (χ1v) is 19.3. The minimum absolute atomic E-state index is 0.220. The van der Waals surface area contributed by atoms with E-state index in [0.717, 1.165) is 19.3 Å². The highest BCUT2D eigenvalue weighted by molar-refractivity contribution is 5.70. The van der Waals surface area contributed by atoms with Crippen molar-refractivity contribution in [3.63, 3.8) is 0 Å². The molecular weight excluding hydrogens is 578 g/mol. The molecule has 0 fully saturated rings. The van der Waals surface area contributed by atoms with Crippen LogP contribution in [-0.4, -0.2) is 58.8 Å². The first-order valence-electron chi connectivity index (χ1n) is 19.3. The van der Waals surface area contributed by atoms with E-state index in [1.165, 1.54) is 109 Å². The van der Waals surface area contributed by atoms with Gasteiger partial charge in [-0.25, -0.2) is 0 Å². The molecule has 0 heterocycles. The van der Waals surface area contributed by atoms with Gasteiger partial charge in [-0.1, -0.05) is 130 Å². The van der Waals surface area contributed by atoms with Crippen molar-refractivity contribution in [2.24, 2.45) is 17.8 Å². The summed E-state index contributed by atoms with van der Waals surface area (Å²) in [6.07, 6.45) is 31.2. The third-order valence-corrected chi connectivity index (χ3v) is 9.98. The van der Waals surface area contributed by atoms with Gasteiger partial charge in [-0.15, -0.1) is 0 Å². The maximum absolute atomic E-state index is 12.0. The lowest BCUT2D eigenvalue weighted by Gasteiger charge is -2.44. The molecular formula is C39H73NO6. The lowest BCUT2D eigenvalue weighted by Crippen LogP contribution is -2.59. The Hall–Kier alpha value is -1.89. The standard InChI is InChI=1S/C39H73NO6/c1-5-9-10-11-12-13-14-15-16-17-18-19-20-21-22-23-24-25-26-27-28-29-30-40(31-34(6-2)37(41)42,32-35(7-3)38(43)44)33-36(8-4)39(45)46/h15-16,34-36H,5-14,17-33H2,1-4H3,(H2-,41,42,43,44,45,46)/b16-15+. The summed E-state index contributed by atoms with van der Waals surface area (Å²) in [5.41, 5.74) is 0. The first kappa shape index (κ1) is 44.1. The van der Waals surface area contributed by atoms with Gasteiger partial charge < -0.3 is 24.6 Å². The molecule has 46 heavy (non-hydrogen) atoms. The summed E-state index contributed by atoms with van der Waals surface area (Å²) in [6, 6.07) is 0. The fraction of sp³-hybridized carbons (Fsp3) is 0.872. The number of rotatable bonds is 34. The molecule has 0 aromatic carbocycles. The molecule has 0 aliphatic heterocycles. The molecule has 3 atom stereocenters. The molecule has 0 saturated carbocycles. The highest BCUT2D eigenvalue weighted by atomic mass is 16.4. The minimum Gasteiger partial charge on any atom is -0.550 e. The third kappa shape index (κ3) is 22.6. The van der Waals surface area contributed by atoms with E-state index >= 15 is 0 Å². The minimum atomic E-state index is -1.14. The summed E-state index contributed by atoms with van der Waals surface area (Å²) >= 11 is 0. The van der Waals surface area contributed by atoms with Gasteiger partial charge in [0.15, 0.2) is 0 Å². The largest absolute Gasteiger partial charge is 0.550 e. The van der Waals surface area contributed by atoms with Crippen molar-refractivity contribution >= 4 is 17.9 Å². The number of carbonyl (C=O) groups excluding carboxylic acids is 1. The van der Waals surface area contributed by atoms with E-state index in [-0.39, 0.29) is 24.1 Å². The molecule has 3 unspecified atom stereocenters. The maximum Gasteiger partial charge on any atom is 0.312 e. The topological polar surface area (TPSA) is 115 Å². The van der Waals surface area contributed by atoms with Gasteiger partial charge in [0.05, 0.1) is 32.1 Å². The van der Waals surface area contributed by atoms with Crippen molar-refractivity contribution in [2.75, 3.05) is 26.2 Å². The van der Waals surface area contributed by atoms with Crippen LogP contribution in [0.25, 0.3) is 0 Å². The van der Waals surface area contributed by atoms with E-state index in [1.807, 2.05) is 13.8 Å². The Morgan fingerprint density at radius 2 is 0.848 bits per heavy atom. The van der Waals surface area contributed by atoms with Gasteiger partial charge >= 0.3 is 11.9 Å². The van der Waals surface area contributed by atoms with Crippen molar-refractivity contribution in [1.29, 1.82) is 0 Å². The number of carbonyl (C=O) groups is 3.